The van der Waals surface area contributed by atoms with E-state index in [1.54, 1.807) is 6.07 Å². The van der Waals surface area contributed by atoms with Crippen LogP contribution in [-0.4, -0.2) is 48.9 Å². The third-order valence-electron chi connectivity index (χ3n) is 3.43. The van der Waals surface area contributed by atoms with Crippen LogP contribution in [0.5, 0.6) is 0 Å². The topological polar surface area (TPSA) is 61.6 Å². The number of piperazine rings is 1. The standard InChI is InChI=1S/C13H19FN4O/c1-17-4-6-18(7-5-17)9-11-8-10(13(19)16-15)2-3-12(11)14/h2-3,8H,4-7,9,15H2,1H3,(H,16,19). The number of hydrogen-bond acceptors (Lipinski definition) is 4. The second-order valence-corrected chi connectivity index (χ2v) is 4.86. The number of carbonyl (C=O) groups excluding carboxylic acids is 1. The van der Waals surface area contributed by atoms with E-state index in [1.165, 1.54) is 12.1 Å². The van der Waals surface area contributed by atoms with Crippen molar-refractivity contribution in [1.82, 2.24) is 15.2 Å². The van der Waals surface area contributed by atoms with Crippen molar-refractivity contribution in [2.75, 3.05) is 33.2 Å². The van der Waals surface area contributed by atoms with Crippen molar-refractivity contribution in [3.8, 4) is 0 Å². The van der Waals surface area contributed by atoms with Gasteiger partial charge in [-0.25, -0.2) is 10.2 Å². The second kappa shape index (κ2) is 6.10. The lowest BCUT2D eigenvalue weighted by Gasteiger charge is -2.32. The van der Waals surface area contributed by atoms with Crippen LogP contribution >= 0.6 is 0 Å². The van der Waals surface area contributed by atoms with Crippen molar-refractivity contribution in [1.29, 1.82) is 0 Å². The van der Waals surface area contributed by atoms with E-state index in [1.807, 2.05) is 0 Å². The van der Waals surface area contributed by atoms with Crippen LogP contribution in [0.1, 0.15) is 15.9 Å². The monoisotopic (exact) mass is 266 g/mol. The number of nitrogens with one attached hydrogen (secondary N) is 1. The van der Waals surface area contributed by atoms with E-state index in [-0.39, 0.29) is 5.82 Å². The normalized spacial score (nSPS) is 17.4. The number of nitrogens with zero attached hydrogens (tertiary/aromatic N) is 2. The summed E-state index contributed by atoms with van der Waals surface area (Å²) in [7, 11) is 2.07. The van der Waals surface area contributed by atoms with E-state index in [2.05, 4.69) is 22.3 Å². The van der Waals surface area contributed by atoms with Gasteiger partial charge < -0.3 is 4.90 Å². The lowest BCUT2D eigenvalue weighted by Crippen LogP contribution is -2.44. The van der Waals surface area contributed by atoms with Crippen molar-refractivity contribution in [2.45, 2.75) is 6.54 Å². The number of hydrazine groups is 1. The number of halogens is 1. The van der Waals surface area contributed by atoms with Crippen LogP contribution in [-0.2, 0) is 6.54 Å². The number of likely N-dealkylation sites (N-methyl/N-ethyl adjacent to an activating group) is 1. The van der Waals surface area contributed by atoms with E-state index in [0.29, 0.717) is 17.7 Å². The Balaban J connectivity index is 2.08. The average Bonchev–Trinajstić information content (AvgIpc) is 2.43. The number of nitrogens with two attached hydrogens (primary N) is 1. The van der Waals surface area contributed by atoms with Crippen LogP contribution in [0, 0.1) is 5.82 Å². The van der Waals surface area contributed by atoms with Gasteiger partial charge >= 0.3 is 0 Å². The third kappa shape index (κ3) is 3.50. The maximum atomic E-state index is 13.8. The summed E-state index contributed by atoms with van der Waals surface area (Å²) in [5.74, 6) is 4.39. The molecule has 0 saturated carbocycles. The minimum Gasteiger partial charge on any atom is -0.304 e. The molecule has 1 heterocycles. The summed E-state index contributed by atoms with van der Waals surface area (Å²) in [6.45, 7) is 4.28. The Morgan fingerprint density at radius 2 is 2.05 bits per heavy atom. The lowest BCUT2D eigenvalue weighted by atomic mass is 10.1. The Kier molecular flexibility index (Phi) is 4.47. The first-order chi connectivity index (χ1) is 9.10. The summed E-state index contributed by atoms with van der Waals surface area (Å²) in [6.07, 6.45) is 0. The number of nitrogen functional groups attached to an aromatic ring is 1. The molecule has 2 rings (SSSR count). The fourth-order valence-corrected chi connectivity index (χ4v) is 2.17. The Hall–Kier alpha value is -1.50. The van der Waals surface area contributed by atoms with E-state index >= 15 is 0 Å². The summed E-state index contributed by atoms with van der Waals surface area (Å²) in [5, 5.41) is 0. The molecule has 0 radical (unpaired) electrons. The van der Waals surface area contributed by atoms with Gasteiger partial charge in [-0.3, -0.25) is 15.1 Å². The quantitative estimate of drug-likeness (QED) is 0.465. The van der Waals surface area contributed by atoms with Crippen LogP contribution in [0.3, 0.4) is 0 Å². The lowest BCUT2D eigenvalue weighted by molar-refractivity contribution is 0.0953. The summed E-state index contributed by atoms with van der Waals surface area (Å²) in [5.41, 5.74) is 2.97. The molecule has 1 fully saturated rings. The molecule has 1 aliphatic heterocycles. The van der Waals surface area contributed by atoms with Crippen LogP contribution in [0.4, 0.5) is 4.39 Å². The minimum atomic E-state index is -0.403. The van der Waals surface area contributed by atoms with Gasteiger partial charge in [-0.2, -0.15) is 0 Å². The summed E-state index contributed by atoms with van der Waals surface area (Å²) < 4.78 is 13.8. The van der Waals surface area contributed by atoms with Gasteiger partial charge in [0.05, 0.1) is 0 Å². The largest absolute Gasteiger partial charge is 0.304 e. The molecule has 3 N–H and O–H groups in total. The molecule has 0 spiro atoms. The highest BCUT2D eigenvalue weighted by Crippen LogP contribution is 2.14. The number of carbonyl (C=O) groups is 1. The van der Waals surface area contributed by atoms with Gasteiger partial charge in [0.1, 0.15) is 5.82 Å². The molecule has 1 aromatic rings. The first-order valence-electron chi connectivity index (χ1n) is 6.30. The van der Waals surface area contributed by atoms with E-state index in [4.69, 9.17) is 5.84 Å². The number of hydrogen-bond donors (Lipinski definition) is 2. The summed E-state index contributed by atoms with van der Waals surface area (Å²) in [6, 6.07) is 4.32. The first kappa shape index (κ1) is 13.9. The van der Waals surface area contributed by atoms with Gasteiger partial charge in [0.25, 0.3) is 5.91 Å². The highest BCUT2D eigenvalue weighted by atomic mass is 19.1. The second-order valence-electron chi connectivity index (χ2n) is 4.86. The van der Waals surface area contributed by atoms with Crippen molar-refractivity contribution >= 4 is 5.91 Å². The maximum absolute atomic E-state index is 13.8. The van der Waals surface area contributed by atoms with Gasteiger partial charge in [0.15, 0.2) is 0 Å². The molecule has 0 atom stereocenters. The Bertz CT molecular complexity index is 458. The van der Waals surface area contributed by atoms with E-state index in [9.17, 15) is 9.18 Å². The zero-order valence-corrected chi connectivity index (χ0v) is 11.0. The van der Waals surface area contributed by atoms with Gasteiger partial charge in [0, 0.05) is 43.9 Å². The van der Waals surface area contributed by atoms with Crippen LogP contribution in [0.2, 0.25) is 0 Å². The molecule has 0 aliphatic carbocycles. The molecular formula is C13H19FN4O. The highest BCUT2D eigenvalue weighted by molar-refractivity contribution is 5.93. The average molecular weight is 266 g/mol. The smallest absolute Gasteiger partial charge is 0.265 e. The molecule has 1 aromatic carbocycles. The molecule has 0 bridgehead atoms. The maximum Gasteiger partial charge on any atom is 0.265 e. The minimum absolute atomic E-state index is 0.285. The Morgan fingerprint density at radius 3 is 2.68 bits per heavy atom. The third-order valence-corrected chi connectivity index (χ3v) is 3.43. The van der Waals surface area contributed by atoms with Crippen LogP contribution < -0.4 is 11.3 Å². The summed E-state index contributed by atoms with van der Waals surface area (Å²) in [4.78, 5) is 15.9. The highest BCUT2D eigenvalue weighted by Gasteiger charge is 2.16. The van der Waals surface area contributed by atoms with E-state index in [0.717, 1.165) is 26.2 Å². The number of amides is 1. The predicted octanol–water partition coefficient (Wildman–Crippen LogP) is 0.177. The fraction of sp³-hybridized carbons (Fsp3) is 0.462. The van der Waals surface area contributed by atoms with Gasteiger partial charge in [0.2, 0.25) is 0 Å². The number of benzene rings is 1. The van der Waals surface area contributed by atoms with Crippen molar-refractivity contribution in [2.24, 2.45) is 5.84 Å². The van der Waals surface area contributed by atoms with Crippen LogP contribution in [0.15, 0.2) is 18.2 Å². The van der Waals surface area contributed by atoms with Crippen molar-refractivity contribution in [3.05, 3.63) is 35.1 Å². The molecule has 0 unspecified atom stereocenters. The zero-order chi connectivity index (χ0) is 13.8. The molecule has 1 saturated heterocycles. The molecule has 104 valence electrons. The molecule has 1 aliphatic rings. The molecule has 0 aromatic heterocycles. The van der Waals surface area contributed by atoms with E-state index < -0.39 is 5.91 Å². The SMILES string of the molecule is CN1CCN(Cc2cc(C(=O)NN)ccc2F)CC1. The molecule has 19 heavy (non-hydrogen) atoms. The number of rotatable bonds is 3. The Morgan fingerprint density at radius 1 is 1.37 bits per heavy atom. The van der Waals surface area contributed by atoms with Gasteiger partial charge in [-0.05, 0) is 25.2 Å². The first-order valence-corrected chi connectivity index (χ1v) is 6.30. The predicted molar refractivity (Wildman–Crippen MR) is 70.8 cm³/mol. The molecular weight excluding hydrogens is 247 g/mol. The molecule has 5 nitrogen and oxygen atoms in total. The van der Waals surface area contributed by atoms with Crippen molar-refractivity contribution in [3.63, 3.8) is 0 Å². The molecule has 1 amide bonds. The van der Waals surface area contributed by atoms with Gasteiger partial charge in [-0.1, -0.05) is 0 Å². The van der Waals surface area contributed by atoms with Gasteiger partial charge in [-0.15, -0.1) is 0 Å². The zero-order valence-electron chi connectivity index (χ0n) is 11.0. The van der Waals surface area contributed by atoms with Crippen LogP contribution in [0.25, 0.3) is 0 Å². The summed E-state index contributed by atoms with van der Waals surface area (Å²) >= 11 is 0. The molecule has 6 heteroatoms. The Labute approximate surface area is 112 Å². The fourth-order valence-electron chi connectivity index (χ4n) is 2.17. The van der Waals surface area contributed by atoms with Crippen molar-refractivity contribution < 1.29 is 9.18 Å².